The fourth-order valence-electron chi connectivity index (χ4n) is 6.25. The molecule has 0 bridgehead atoms. The molecule has 0 aliphatic carbocycles. The van der Waals surface area contributed by atoms with Gasteiger partial charge in [0, 0.05) is 26.1 Å². The van der Waals surface area contributed by atoms with Crippen LogP contribution in [0.4, 0.5) is 0 Å². The van der Waals surface area contributed by atoms with E-state index >= 15 is 0 Å². The zero-order valence-corrected chi connectivity index (χ0v) is 29.8. The second-order valence-corrected chi connectivity index (χ2v) is 13.0. The highest BCUT2D eigenvalue weighted by atomic mass is 16.6. The Morgan fingerprint density at radius 1 is 0.404 bits per heavy atom. The molecule has 2 aliphatic heterocycles. The van der Waals surface area contributed by atoms with Gasteiger partial charge in [-0.3, -0.25) is 0 Å². The molecule has 8 nitrogen and oxygen atoms in total. The molecule has 0 spiro atoms. The minimum atomic E-state index is -0.00712. The fraction of sp³-hybridized carbons (Fsp3) is 0.318. The SMILES string of the molecule is COCCOc1ccc(C(c2ccc(OCCOC)cc2)c2ccc(C(c3ccc(OCC4CO4)cc3)c3ccc(OCC4CO4)cc3)cc2)cc1. The summed E-state index contributed by atoms with van der Waals surface area (Å²) < 4.78 is 44.6. The molecule has 0 radical (unpaired) electrons. The van der Waals surface area contributed by atoms with Crippen molar-refractivity contribution >= 4 is 0 Å². The lowest BCUT2D eigenvalue weighted by Gasteiger charge is -2.23. The molecule has 270 valence electrons. The third kappa shape index (κ3) is 9.72. The van der Waals surface area contributed by atoms with Crippen molar-refractivity contribution in [3.05, 3.63) is 155 Å². The van der Waals surface area contributed by atoms with E-state index in [1.165, 1.54) is 22.3 Å². The molecule has 2 atom stereocenters. The zero-order valence-electron chi connectivity index (χ0n) is 29.8. The van der Waals surface area contributed by atoms with Gasteiger partial charge in [0.25, 0.3) is 0 Å². The first-order chi connectivity index (χ1) is 25.7. The second-order valence-electron chi connectivity index (χ2n) is 13.0. The lowest BCUT2D eigenvalue weighted by atomic mass is 9.81. The van der Waals surface area contributed by atoms with E-state index < -0.39 is 0 Å². The predicted molar refractivity (Wildman–Crippen MR) is 199 cm³/mol. The molecular weight excluding hydrogens is 656 g/mol. The van der Waals surface area contributed by atoms with Crippen LogP contribution in [0.15, 0.2) is 121 Å². The maximum atomic E-state index is 5.95. The highest BCUT2D eigenvalue weighted by molar-refractivity contribution is 5.50. The van der Waals surface area contributed by atoms with Crippen molar-refractivity contribution in [3.8, 4) is 23.0 Å². The van der Waals surface area contributed by atoms with Gasteiger partial charge in [0.05, 0.1) is 26.4 Å². The van der Waals surface area contributed by atoms with E-state index in [1.54, 1.807) is 14.2 Å². The minimum absolute atomic E-state index is 0.00111. The Labute approximate surface area is 306 Å². The molecule has 0 amide bonds. The van der Waals surface area contributed by atoms with Crippen molar-refractivity contribution in [2.24, 2.45) is 0 Å². The number of hydrogen-bond donors (Lipinski definition) is 0. The standard InChI is InChI=1S/C44H46O8/c1-45-23-25-47-37-15-7-33(8-16-37)43(34-9-17-38(18-10-34)48-26-24-46-2)31-3-5-32(6-4-31)44(35-11-19-39(20-12-35)49-27-41-29-51-41)36-13-21-40(22-14-36)50-28-42-30-52-42/h3-22,41-44H,23-30H2,1-2H3. The summed E-state index contributed by atoms with van der Waals surface area (Å²) in [6.07, 6.45) is 0.419. The van der Waals surface area contributed by atoms with Gasteiger partial charge in [-0.15, -0.1) is 0 Å². The van der Waals surface area contributed by atoms with Crippen LogP contribution in [0.3, 0.4) is 0 Å². The summed E-state index contributed by atoms with van der Waals surface area (Å²) in [7, 11) is 3.35. The normalized spacial score (nSPS) is 16.7. The predicted octanol–water partition coefficient (Wildman–Crippen LogP) is 7.65. The first-order valence-electron chi connectivity index (χ1n) is 17.9. The summed E-state index contributed by atoms with van der Waals surface area (Å²) in [6, 6.07) is 42.5. The maximum Gasteiger partial charge on any atom is 0.119 e. The third-order valence-electron chi connectivity index (χ3n) is 9.25. The van der Waals surface area contributed by atoms with Crippen LogP contribution in [-0.4, -0.2) is 79.3 Å². The van der Waals surface area contributed by atoms with Crippen molar-refractivity contribution in [3.63, 3.8) is 0 Å². The van der Waals surface area contributed by atoms with Gasteiger partial charge in [0.1, 0.15) is 61.6 Å². The van der Waals surface area contributed by atoms with Crippen LogP contribution in [0, 0.1) is 0 Å². The Balaban J connectivity index is 1.18. The molecule has 2 fully saturated rings. The third-order valence-corrected chi connectivity index (χ3v) is 9.25. The molecule has 7 rings (SSSR count). The van der Waals surface area contributed by atoms with Gasteiger partial charge >= 0.3 is 0 Å². The van der Waals surface area contributed by atoms with Gasteiger partial charge in [-0.25, -0.2) is 0 Å². The van der Waals surface area contributed by atoms with Gasteiger partial charge in [0.15, 0.2) is 0 Å². The van der Waals surface area contributed by atoms with Crippen molar-refractivity contribution in [2.45, 2.75) is 24.0 Å². The lowest BCUT2D eigenvalue weighted by molar-refractivity contribution is 0.146. The van der Waals surface area contributed by atoms with Gasteiger partial charge in [0.2, 0.25) is 0 Å². The quantitative estimate of drug-likeness (QED) is 0.0465. The average molecular weight is 703 g/mol. The molecule has 5 aromatic carbocycles. The molecule has 8 heteroatoms. The highest BCUT2D eigenvalue weighted by Crippen LogP contribution is 2.38. The molecule has 2 unspecified atom stereocenters. The van der Waals surface area contributed by atoms with Crippen molar-refractivity contribution in [1.82, 2.24) is 0 Å². The van der Waals surface area contributed by atoms with Crippen molar-refractivity contribution < 1.29 is 37.9 Å². The summed E-state index contributed by atoms with van der Waals surface area (Å²) in [5, 5.41) is 0. The van der Waals surface area contributed by atoms with Crippen molar-refractivity contribution in [1.29, 1.82) is 0 Å². The van der Waals surface area contributed by atoms with E-state index in [9.17, 15) is 0 Å². The van der Waals surface area contributed by atoms with Gasteiger partial charge in [-0.2, -0.15) is 0 Å². The first kappa shape index (κ1) is 35.5. The molecule has 2 heterocycles. The zero-order chi connectivity index (χ0) is 35.5. The highest BCUT2D eigenvalue weighted by Gasteiger charge is 2.25. The largest absolute Gasteiger partial charge is 0.491 e. The van der Waals surface area contributed by atoms with Crippen LogP contribution in [0.5, 0.6) is 23.0 Å². The molecule has 52 heavy (non-hydrogen) atoms. The molecule has 2 aliphatic rings. The average Bonchev–Trinajstić information content (AvgIpc) is 4.13. The Morgan fingerprint density at radius 3 is 0.904 bits per heavy atom. The minimum Gasteiger partial charge on any atom is -0.491 e. The van der Waals surface area contributed by atoms with Gasteiger partial charge in [-0.05, 0) is 81.9 Å². The van der Waals surface area contributed by atoms with Gasteiger partial charge < -0.3 is 37.9 Å². The van der Waals surface area contributed by atoms with E-state index in [4.69, 9.17) is 37.9 Å². The molecule has 0 N–H and O–H groups in total. The van der Waals surface area contributed by atoms with Crippen LogP contribution in [0.2, 0.25) is 0 Å². The lowest BCUT2D eigenvalue weighted by Crippen LogP contribution is -2.08. The molecule has 5 aromatic rings. The summed E-state index contributed by atoms with van der Waals surface area (Å²) in [4.78, 5) is 0. The number of benzene rings is 5. The van der Waals surface area contributed by atoms with Gasteiger partial charge in [-0.1, -0.05) is 72.8 Å². The number of hydrogen-bond acceptors (Lipinski definition) is 8. The first-order valence-corrected chi connectivity index (χ1v) is 17.9. The van der Waals surface area contributed by atoms with Crippen LogP contribution >= 0.6 is 0 Å². The fourth-order valence-corrected chi connectivity index (χ4v) is 6.25. The molecule has 0 aromatic heterocycles. The Kier molecular flexibility index (Phi) is 12.0. The van der Waals surface area contributed by atoms with E-state index in [0.717, 1.165) is 47.3 Å². The topological polar surface area (TPSA) is 80.4 Å². The summed E-state index contributed by atoms with van der Waals surface area (Å²) >= 11 is 0. The van der Waals surface area contributed by atoms with Crippen LogP contribution < -0.4 is 18.9 Å². The monoisotopic (exact) mass is 702 g/mol. The van der Waals surface area contributed by atoms with E-state index in [-0.39, 0.29) is 24.0 Å². The summed E-state index contributed by atoms with van der Waals surface area (Å²) in [5.74, 6) is 3.30. The smallest absolute Gasteiger partial charge is 0.119 e. The molecular formula is C44H46O8. The van der Waals surface area contributed by atoms with E-state index in [2.05, 4.69) is 72.8 Å². The van der Waals surface area contributed by atoms with Crippen LogP contribution in [0.1, 0.15) is 45.2 Å². The van der Waals surface area contributed by atoms with E-state index in [0.29, 0.717) is 39.6 Å². The van der Waals surface area contributed by atoms with Crippen LogP contribution in [0.25, 0.3) is 0 Å². The number of epoxide rings is 2. The number of methoxy groups -OCH3 is 2. The molecule has 0 saturated carbocycles. The maximum absolute atomic E-state index is 5.95. The summed E-state index contributed by atoms with van der Waals surface area (Å²) in [5.41, 5.74) is 7.04. The Bertz CT molecular complexity index is 1680. The van der Waals surface area contributed by atoms with E-state index in [1.807, 2.05) is 48.5 Å². The second kappa shape index (κ2) is 17.6. The Morgan fingerprint density at radius 2 is 0.654 bits per heavy atom. The Hall–Kier alpha value is -4.86. The number of rotatable bonds is 20. The van der Waals surface area contributed by atoms with Crippen LogP contribution in [-0.2, 0) is 18.9 Å². The van der Waals surface area contributed by atoms with Crippen molar-refractivity contribution in [2.75, 3.05) is 67.1 Å². The summed E-state index contributed by atoms with van der Waals surface area (Å²) in [6.45, 7) is 4.78. The number of ether oxygens (including phenoxy) is 8. The molecule has 2 saturated heterocycles.